The molecule has 0 spiro atoms. The zero-order valence-corrected chi connectivity index (χ0v) is 9.97. The third kappa shape index (κ3) is 2.94. The van der Waals surface area contributed by atoms with Crippen molar-refractivity contribution < 1.29 is 13.9 Å². The molecule has 0 N–H and O–H groups in total. The second-order valence-corrected chi connectivity index (χ2v) is 3.88. The third-order valence-electron chi connectivity index (χ3n) is 2.33. The molecular formula is C13H13FN2O2. The van der Waals surface area contributed by atoms with Gasteiger partial charge in [0.15, 0.2) is 5.75 Å². The van der Waals surface area contributed by atoms with E-state index in [1.54, 1.807) is 17.1 Å². The fraction of sp³-hybridized carbons (Fsp3) is 0.231. The van der Waals surface area contributed by atoms with Crippen LogP contribution in [-0.2, 0) is 6.54 Å². The normalized spacial score (nSPS) is 10.3. The van der Waals surface area contributed by atoms with Crippen molar-refractivity contribution in [1.82, 2.24) is 9.78 Å². The van der Waals surface area contributed by atoms with Gasteiger partial charge in [0.2, 0.25) is 0 Å². The van der Waals surface area contributed by atoms with Crippen molar-refractivity contribution >= 4 is 6.29 Å². The first-order valence-electron chi connectivity index (χ1n) is 5.67. The van der Waals surface area contributed by atoms with Gasteiger partial charge in [-0.15, -0.1) is 0 Å². The van der Waals surface area contributed by atoms with Crippen molar-refractivity contribution in [3.05, 3.63) is 42.0 Å². The van der Waals surface area contributed by atoms with E-state index in [-0.39, 0.29) is 11.3 Å². The first-order valence-corrected chi connectivity index (χ1v) is 5.67. The summed E-state index contributed by atoms with van der Waals surface area (Å²) in [5.41, 5.74) is 0.242. The average Bonchev–Trinajstić information content (AvgIpc) is 2.76. The highest BCUT2D eigenvalue weighted by atomic mass is 19.1. The van der Waals surface area contributed by atoms with E-state index in [4.69, 9.17) is 4.74 Å². The fourth-order valence-electron chi connectivity index (χ4n) is 1.60. The van der Waals surface area contributed by atoms with Crippen molar-refractivity contribution in [3.63, 3.8) is 0 Å². The van der Waals surface area contributed by atoms with Crippen LogP contribution in [0.3, 0.4) is 0 Å². The maximum atomic E-state index is 13.2. The summed E-state index contributed by atoms with van der Waals surface area (Å²) in [5, 5.41) is 4.10. The highest BCUT2D eigenvalue weighted by Crippen LogP contribution is 2.22. The lowest BCUT2D eigenvalue weighted by Crippen LogP contribution is -1.95. The molecule has 0 bridgehead atoms. The number of carbonyl (C=O) groups excluding carboxylic acids is 1. The topological polar surface area (TPSA) is 44.1 Å². The van der Waals surface area contributed by atoms with Crippen LogP contribution in [0, 0.1) is 5.82 Å². The van der Waals surface area contributed by atoms with Crippen LogP contribution in [0.1, 0.15) is 23.7 Å². The second-order valence-electron chi connectivity index (χ2n) is 3.88. The molecule has 1 aromatic carbocycles. The molecule has 0 saturated heterocycles. The Hall–Kier alpha value is -2.17. The Morgan fingerprint density at radius 3 is 2.94 bits per heavy atom. The van der Waals surface area contributed by atoms with Gasteiger partial charge in [-0.3, -0.25) is 9.48 Å². The molecule has 0 aliphatic rings. The summed E-state index contributed by atoms with van der Waals surface area (Å²) in [4.78, 5) is 10.6. The summed E-state index contributed by atoms with van der Waals surface area (Å²) in [6, 6.07) is 3.86. The standard InChI is InChI=1S/C13H13FN2O2/c1-2-3-16-8-13(7-15-16)18-12-5-10(9-17)4-11(14)6-12/h4-9H,2-3H2,1H3. The Labute approximate surface area is 104 Å². The number of carbonyl (C=O) groups is 1. The molecule has 0 aliphatic carbocycles. The van der Waals surface area contributed by atoms with E-state index in [0.29, 0.717) is 12.0 Å². The maximum absolute atomic E-state index is 13.2. The maximum Gasteiger partial charge on any atom is 0.165 e. The predicted octanol–water partition coefficient (Wildman–Crippen LogP) is 3.04. The van der Waals surface area contributed by atoms with E-state index in [9.17, 15) is 9.18 Å². The summed E-state index contributed by atoms with van der Waals surface area (Å²) >= 11 is 0. The van der Waals surface area contributed by atoms with E-state index in [0.717, 1.165) is 19.0 Å². The number of hydrogen-bond donors (Lipinski definition) is 0. The van der Waals surface area contributed by atoms with Gasteiger partial charge in [-0.2, -0.15) is 5.10 Å². The van der Waals surface area contributed by atoms with Crippen molar-refractivity contribution in [2.75, 3.05) is 0 Å². The molecule has 0 unspecified atom stereocenters. The quantitative estimate of drug-likeness (QED) is 0.764. The smallest absolute Gasteiger partial charge is 0.165 e. The van der Waals surface area contributed by atoms with Gasteiger partial charge in [-0.05, 0) is 18.6 Å². The van der Waals surface area contributed by atoms with Gasteiger partial charge < -0.3 is 4.74 Å². The number of aromatic nitrogens is 2. The van der Waals surface area contributed by atoms with Crippen molar-refractivity contribution in [2.24, 2.45) is 0 Å². The second kappa shape index (κ2) is 5.44. The summed E-state index contributed by atoms with van der Waals surface area (Å²) < 4.78 is 20.4. The number of hydrogen-bond acceptors (Lipinski definition) is 3. The Balaban J connectivity index is 2.17. The SMILES string of the molecule is CCCn1cc(Oc2cc(F)cc(C=O)c2)cn1. The lowest BCUT2D eigenvalue weighted by molar-refractivity contribution is 0.112. The number of benzene rings is 1. The van der Waals surface area contributed by atoms with Crippen LogP contribution >= 0.6 is 0 Å². The van der Waals surface area contributed by atoms with Crippen molar-refractivity contribution in [2.45, 2.75) is 19.9 Å². The predicted molar refractivity (Wildman–Crippen MR) is 64.4 cm³/mol. The molecule has 18 heavy (non-hydrogen) atoms. The molecular weight excluding hydrogens is 235 g/mol. The Bertz CT molecular complexity index is 552. The van der Waals surface area contributed by atoms with Crippen LogP contribution in [0.25, 0.3) is 0 Å². The molecule has 0 atom stereocenters. The Kier molecular flexibility index (Phi) is 3.72. The highest BCUT2D eigenvalue weighted by molar-refractivity contribution is 5.75. The number of nitrogens with zero attached hydrogens (tertiary/aromatic N) is 2. The number of halogens is 1. The minimum Gasteiger partial charge on any atom is -0.454 e. The monoisotopic (exact) mass is 248 g/mol. The van der Waals surface area contributed by atoms with Gasteiger partial charge >= 0.3 is 0 Å². The average molecular weight is 248 g/mol. The van der Waals surface area contributed by atoms with Gasteiger partial charge in [0.25, 0.3) is 0 Å². The Morgan fingerprint density at radius 1 is 1.39 bits per heavy atom. The molecule has 0 fully saturated rings. The summed E-state index contributed by atoms with van der Waals surface area (Å²) in [6.07, 6.45) is 4.84. The Morgan fingerprint density at radius 2 is 2.22 bits per heavy atom. The number of aryl methyl sites for hydroxylation is 1. The van der Waals surface area contributed by atoms with Crippen LogP contribution in [-0.4, -0.2) is 16.1 Å². The first-order chi connectivity index (χ1) is 8.71. The van der Waals surface area contributed by atoms with Crippen LogP contribution < -0.4 is 4.74 Å². The number of rotatable bonds is 5. The largest absolute Gasteiger partial charge is 0.454 e. The van der Waals surface area contributed by atoms with Crippen LogP contribution in [0.5, 0.6) is 11.5 Å². The zero-order valence-electron chi connectivity index (χ0n) is 9.97. The minimum absolute atomic E-state index is 0.242. The van der Waals surface area contributed by atoms with Crippen LogP contribution in [0.2, 0.25) is 0 Å². The van der Waals surface area contributed by atoms with Crippen molar-refractivity contribution in [1.29, 1.82) is 0 Å². The zero-order chi connectivity index (χ0) is 13.0. The number of aldehydes is 1. The van der Waals surface area contributed by atoms with Crippen LogP contribution in [0.4, 0.5) is 4.39 Å². The number of ether oxygens (including phenoxy) is 1. The van der Waals surface area contributed by atoms with Gasteiger partial charge in [-0.1, -0.05) is 6.92 Å². The van der Waals surface area contributed by atoms with E-state index in [1.165, 1.54) is 12.1 Å². The molecule has 0 aliphatic heterocycles. The molecule has 0 amide bonds. The fourth-order valence-corrected chi connectivity index (χ4v) is 1.60. The molecule has 2 rings (SSSR count). The molecule has 2 aromatic rings. The molecule has 5 heteroatoms. The van der Waals surface area contributed by atoms with Gasteiger partial charge in [0.05, 0.1) is 12.4 Å². The summed E-state index contributed by atoms with van der Waals surface area (Å²) in [7, 11) is 0. The van der Waals surface area contributed by atoms with Gasteiger partial charge in [0, 0.05) is 18.2 Å². The van der Waals surface area contributed by atoms with E-state index in [2.05, 4.69) is 5.10 Å². The molecule has 4 nitrogen and oxygen atoms in total. The molecule has 1 aromatic heterocycles. The lowest BCUT2D eigenvalue weighted by atomic mass is 10.2. The molecule has 0 radical (unpaired) electrons. The first kappa shape index (κ1) is 12.3. The van der Waals surface area contributed by atoms with E-state index < -0.39 is 5.82 Å². The van der Waals surface area contributed by atoms with Gasteiger partial charge in [-0.25, -0.2) is 4.39 Å². The summed E-state index contributed by atoms with van der Waals surface area (Å²) in [6.45, 7) is 2.84. The summed E-state index contributed by atoms with van der Waals surface area (Å²) in [5.74, 6) is 0.301. The molecule has 94 valence electrons. The van der Waals surface area contributed by atoms with E-state index >= 15 is 0 Å². The van der Waals surface area contributed by atoms with Gasteiger partial charge in [0.1, 0.15) is 17.9 Å². The highest BCUT2D eigenvalue weighted by Gasteiger charge is 2.04. The van der Waals surface area contributed by atoms with Crippen LogP contribution in [0.15, 0.2) is 30.6 Å². The van der Waals surface area contributed by atoms with E-state index in [1.807, 2.05) is 6.92 Å². The lowest BCUT2D eigenvalue weighted by Gasteiger charge is -2.03. The third-order valence-corrected chi connectivity index (χ3v) is 2.33. The minimum atomic E-state index is -0.504. The van der Waals surface area contributed by atoms with Crippen molar-refractivity contribution in [3.8, 4) is 11.5 Å². The molecule has 0 saturated carbocycles. The molecule has 1 heterocycles.